The lowest BCUT2D eigenvalue weighted by atomic mass is 10.1. The standard InChI is InChI=1S/C10H12F2O3/c1-15-9-3-2-7(6-8(9)14)10(11,12)4-5-13/h2-3,6,13-14H,4-5H2,1H3. The van der Waals surface area contributed by atoms with Gasteiger partial charge in [-0.15, -0.1) is 0 Å². The number of hydrogen-bond acceptors (Lipinski definition) is 3. The fourth-order valence-electron chi connectivity index (χ4n) is 1.20. The number of phenols is 1. The molecule has 3 nitrogen and oxygen atoms in total. The Morgan fingerprint density at radius 1 is 1.40 bits per heavy atom. The second-order valence-electron chi connectivity index (χ2n) is 3.06. The van der Waals surface area contributed by atoms with Gasteiger partial charge in [-0.25, -0.2) is 8.78 Å². The molecule has 0 bridgehead atoms. The molecule has 0 amide bonds. The van der Waals surface area contributed by atoms with Crippen molar-refractivity contribution in [1.29, 1.82) is 0 Å². The molecule has 0 spiro atoms. The van der Waals surface area contributed by atoms with Crippen LogP contribution >= 0.6 is 0 Å². The summed E-state index contributed by atoms with van der Waals surface area (Å²) < 4.78 is 31.2. The first-order valence-corrected chi connectivity index (χ1v) is 4.37. The zero-order valence-corrected chi connectivity index (χ0v) is 8.20. The molecule has 1 aromatic carbocycles. The van der Waals surface area contributed by atoms with E-state index in [1.54, 1.807) is 0 Å². The molecule has 0 aliphatic heterocycles. The van der Waals surface area contributed by atoms with E-state index in [1.807, 2.05) is 0 Å². The monoisotopic (exact) mass is 218 g/mol. The number of aliphatic hydroxyl groups excluding tert-OH is 1. The average Bonchev–Trinajstić information content (AvgIpc) is 2.17. The number of rotatable bonds is 4. The van der Waals surface area contributed by atoms with Gasteiger partial charge in [-0.05, 0) is 18.2 Å². The van der Waals surface area contributed by atoms with E-state index in [9.17, 15) is 13.9 Å². The van der Waals surface area contributed by atoms with Gasteiger partial charge in [-0.1, -0.05) is 0 Å². The first-order valence-electron chi connectivity index (χ1n) is 4.37. The van der Waals surface area contributed by atoms with E-state index in [0.29, 0.717) is 0 Å². The summed E-state index contributed by atoms with van der Waals surface area (Å²) in [7, 11) is 1.33. The summed E-state index contributed by atoms with van der Waals surface area (Å²) >= 11 is 0. The molecule has 0 aromatic heterocycles. The smallest absolute Gasteiger partial charge is 0.275 e. The Hall–Kier alpha value is -1.36. The fraction of sp³-hybridized carbons (Fsp3) is 0.400. The molecular formula is C10H12F2O3. The highest BCUT2D eigenvalue weighted by molar-refractivity contribution is 5.42. The quantitative estimate of drug-likeness (QED) is 0.811. The maximum absolute atomic E-state index is 13.3. The maximum atomic E-state index is 13.3. The average molecular weight is 218 g/mol. The van der Waals surface area contributed by atoms with Gasteiger partial charge in [0, 0.05) is 18.6 Å². The van der Waals surface area contributed by atoms with E-state index in [-0.39, 0.29) is 17.1 Å². The first-order chi connectivity index (χ1) is 7.01. The van der Waals surface area contributed by atoms with E-state index in [0.717, 1.165) is 12.1 Å². The molecule has 84 valence electrons. The molecule has 0 saturated carbocycles. The van der Waals surface area contributed by atoms with Crippen LogP contribution in [0.3, 0.4) is 0 Å². The highest BCUT2D eigenvalue weighted by Crippen LogP contribution is 2.36. The predicted molar refractivity (Wildman–Crippen MR) is 50.3 cm³/mol. The summed E-state index contributed by atoms with van der Waals surface area (Å²) in [6.45, 7) is -0.611. The third kappa shape index (κ3) is 2.56. The van der Waals surface area contributed by atoms with Crippen LogP contribution < -0.4 is 4.74 Å². The third-order valence-electron chi connectivity index (χ3n) is 2.03. The van der Waals surface area contributed by atoms with Gasteiger partial charge in [-0.2, -0.15) is 0 Å². The van der Waals surface area contributed by atoms with Crippen molar-refractivity contribution in [3.63, 3.8) is 0 Å². The molecule has 0 radical (unpaired) electrons. The van der Waals surface area contributed by atoms with Gasteiger partial charge in [0.1, 0.15) is 0 Å². The Kier molecular flexibility index (Phi) is 3.47. The summed E-state index contributed by atoms with van der Waals surface area (Å²) in [5, 5.41) is 17.8. The van der Waals surface area contributed by atoms with Crippen LogP contribution in [0, 0.1) is 0 Å². The fourth-order valence-corrected chi connectivity index (χ4v) is 1.20. The van der Waals surface area contributed by atoms with Gasteiger partial charge in [0.15, 0.2) is 11.5 Å². The predicted octanol–water partition coefficient (Wildman–Crippen LogP) is 1.88. The number of benzene rings is 1. The van der Waals surface area contributed by atoms with Crippen molar-refractivity contribution >= 4 is 0 Å². The molecule has 0 saturated heterocycles. The van der Waals surface area contributed by atoms with E-state index in [2.05, 4.69) is 0 Å². The first kappa shape index (κ1) is 11.7. The lowest BCUT2D eigenvalue weighted by molar-refractivity contribution is -0.0271. The minimum absolute atomic E-state index is 0.138. The topological polar surface area (TPSA) is 49.7 Å². The Morgan fingerprint density at radius 3 is 2.53 bits per heavy atom. The zero-order valence-electron chi connectivity index (χ0n) is 8.20. The summed E-state index contributed by atoms with van der Waals surface area (Å²) in [6, 6.07) is 3.36. The third-order valence-corrected chi connectivity index (χ3v) is 2.03. The number of aromatic hydroxyl groups is 1. The molecule has 2 N–H and O–H groups in total. The molecule has 0 unspecified atom stereocenters. The van der Waals surface area contributed by atoms with E-state index in [4.69, 9.17) is 9.84 Å². The van der Waals surface area contributed by atoms with Crippen LogP contribution in [0.5, 0.6) is 11.5 Å². The van der Waals surface area contributed by atoms with Crippen LogP contribution in [-0.2, 0) is 5.92 Å². The normalized spacial score (nSPS) is 11.5. The molecule has 0 aliphatic carbocycles. The lowest BCUT2D eigenvalue weighted by Gasteiger charge is -2.16. The Bertz CT molecular complexity index is 339. The summed E-state index contributed by atoms with van der Waals surface area (Å²) in [5.74, 6) is -3.34. The highest BCUT2D eigenvalue weighted by atomic mass is 19.3. The summed E-state index contributed by atoms with van der Waals surface area (Å²) in [4.78, 5) is 0. The van der Waals surface area contributed by atoms with Crippen molar-refractivity contribution in [1.82, 2.24) is 0 Å². The van der Waals surface area contributed by atoms with Gasteiger partial charge in [0.2, 0.25) is 0 Å². The van der Waals surface area contributed by atoms with Gasteiger partial charge in [0.25, 0.3) is 5.92 Å². The number of phenolic OH excluding ortho intramolecular Hbond substituents is 1. The SMILES string of the molecule is COc1ccc(C(F)(F)CCO)cc1O. The number of halogens is 2. The number of hydrogen-bond donors (Lipinski definition) is 2. The summed E-state index contributed by atoms with van der Waals surface area (Å²) in [6.07, 6.45) is -0.668. The maximum Gasteiger partial charge on any atom is 0.275 e. The van der Waals surface area contributed by atoms with Crippen molar-refractivity contribution < 1.29 is 23.7 Å². The molecule has 0 heterocycles. The van der Waals surface area contributed by atoms with Crippen molar-refractivity contribution in [2.45, 2.75) is 12.3 Å². The number of aliphatic hydroxyl groups is 1. The highest BCUT2D eigenvalue weighted by Gasteiger charge is 2.31. The Balaban J connectivity index is 3.01. The van der Waals surface area contributed by atoms with Gasteiger partial charge >= 0.3 is 0 Å². The minimum atomic E-state index is -3.14. The van der Waals surface area contributed by atoms with Crippen molar-refractivity contribution in [3.8, 4) is 11.5 Å². The number of methoxy groups -OCH3 is 1. The second-order valence-corrected chi connectivity index (χ2v) is 3.06. The largest absolute Gasteiger partial charge is 0.504 e. The molecule has 15 heavy (non-hydrogen) atoms. The van der Waals surface area contributed by atoms with Crippen molar-refractivity contribution in [2.24, 2.45) is 0 Å². The van der Waals surface area contributed by atoms with Gasteiger partial charge in [0.05, 0.1) is 7.11 Å². The Morgan fingerprint density at radius 2 is 2.07 bits per heavy atom. The van der Waals surface area contributed by atoms with Gasteiger partial charge in [-0.3, -0.25) is 0 Å². The van der Waals surface area contributed by atoms with Crippen molar-refractivity contribution in [2.75, 3.05) is 13.7 Å². The van der Waals surface area contributed by atoms with Gasteiger partial charge < -0.3 is 14.9 Å². The summed E-state index contributed by atoms with van der Waals surface area (Å²) in [5.41, 5.74) is -0.338. The van der Waals surface area contributed by atoms with E-state index < -0.39 is 19.0 Å². The van der Waals surface area contributed by atoms with E-state index in [1.165, 1.54) is 13.2 Å². The van der Waals surface area contributed by atoms with Crippen LogP contribution in [0.2, 0.25) is 0 Å². The van der Waals surface area contributed by atoms with Crippen LogP contribution in [0.15, 0.2) is 18.2 Å². The zero-order chi connectivity index (χ0) is 11.5. The van der Waals surface area contributed by atoms with Crippen LogP contribution in [0.4, 0.5) is 8.78 Å². The second kappa shape index (κ2) is 4.44. The van der Waals surface area contributed by atoms with Crippen LogP contribution in [-0.4, -0.2) is 23.9 Å². The van der Waals surface area contributed by atoms with Crippen molar-refractivity contribution in [3.05, 3.63) is 23.8 Å². The van der Waals surface area contributed by atoms with Crippen LogP contribution in [0.1, 0.15) is 12.0 Å². The minimum Gasteiger partial charge on any atom is -0.504 e. The number of ether oxygens (including phenoxy) is 1. The van der Waals surface area contributed by atoms with Crippen LogP contribution in [0.25, 0.3) is 0 Å². The number of alkyl halides is 2. The Labute approximate surface area is 85.9 Å². The molecule has 0 aliphatic rings. The molecule has 0 fully saturated rings. The molecule has 5 heteroatoms. The lowest BCUT2D eigenvalue weighted by Crippen LogP contribution is -2.15. The molecule has 1 aromatic rings. The molecule has 1 rings (SSSR count). The molecular weight excluding hydrogens is 206 g/mol. The van der Waals surface area contributed by atoms with E-state index >= 15 is 0 Å². The molecule has 0 atom stereocenters.